The van der Waals surface area contributed by atoms with Crippen molar-refractivity contribution >= 4 is 5.82 Å². The maximum atomic E-state index is 4.64. The molecule has 1 aromatic heterocycles. The van der Waals surface area contributed by atoms with Gasteiger partial charge in [-0.25, -0.2) is 4.98 Å². The van der Waals surface area contributed by atoms with Gasteiger partial charge >= 0.3 is 0 Å². The van der Waals surface area contributed by atoms with E-state index in [2.05, 4.69) is 48.1 Å². The highest BCUT2D eigenvalue weighted by Crippen LogP contribution is 2.34. The van der Waals surface area contributed by atoms with Gasteiger partial charge in [0.15, 0.2) is 0 Å². The molecule has 1 aliphatic rings. The monoisotopic (exact) mass is 275 g/mol. The molecule has 2 heterocycles. The molecule has 3 nitrogen and oxygen atoms in total. The summed E-state index contributed by atoms with van der Waals surface area (Å²) in [6, 6.07) is 4.36. The van der Waals surface area contributed by atoms with E-state index < -0.39 is 0 Å². The molecule has 1 fully saturated rings. The zero-order valence-electron chi connectivity index (χ0n) is 13.4. The first-order chi connectivity index (χ1) is 9.50. The van der Waals surface area contributed by atoms with E-state index in [0.717, 1.165) is 31.4 Å². The molecule has 3 heteroatoms. The van der Waals surface area contributed by atoms with Gasteiger partial charge in [-0.1, -0.05) is 26.8 Å². The molecule has 0 radical (unpaired) electrons. The van der Waals surface area contributed by atoms with Gasteiger partial charge < -0.3 is 10.2 Å². The predicted octanol–water partition coefficient (Wildman–Crippen LogP) is 3.45. The van der Waals surface area contributed by atoms with E-state index in [1.54, 1.807) is 0 Å². The summed E-state index contributed by atoms with van der Waals surface area (Å²) in [5.41, 5.74) is 1.68. The van der Waals surface area contributed by atoms with Gasteiger partial charge in [0.1, 0.15) is 5.82 Å². The summed E-state index contributed by atoms with van der Waals surface area (Å²) in [5.74, 6) is 1.97. The van der Waals surface area contributed by atoms with Crippen LogP contribution in [0, 0.1) is 11.3 Å². The number of rotatable bonds is 3. The zero-order valence-corrected chi connectivity index (χ0v) is 13.4. The van der Waals surface area contributed by atoms with Crippen molar-refractivity contribution in [3.05, 3.63) is 23.9 Å². The minimum Gasteiger partial charge on any atom is -0.357 e. The van der Waals surface area contributed by atoms with Crippen LogP contribution < -0.4 is 10.2 Å². The lowest BCUT2D eigenvalue weighted by molar-refractivity contribution is 0.220. The van der Waals surface area contributed by atoms with E-state index in [0.29, 0.717) is 5.41 Å². The van der Waals surface area contributed by atoms with Crippen LogP contribution in [0.5, 0.6) is 0 Å². The van der Waals surface area contributed by atoms with Crippen LogP contribution >= 0.6 is 0 Å². The van der Waals surface area contributed by atoms with Crippen molar-refractivity contribution in [2.24, 2.45) is 11.3 Å². The van der Waals surface area contributed by atoms with Crippen molar-refractivity contribution in [3.63, 3.8) is 0 Å². The summed E-state index contributed by atoms with van der Waals surface area (Å²) >= 11 is 0. The van der Waals surface area contributed by atoms with Gasteiger partial charge in [-0.3, -0.25) is 0 Å². The van der Waals surface area contributed by atoms with Crippen LogP contribution in [-0.4, -0.2) is 25.1 Å². The quantitative estimate of drug-likeness (QED) is 0.915. The molecule has 0 spiro atoms. The van der Waals surface area contributed by atoms with E-state index in [1.165, 1.54) is 24.8 Å². The Morgan fingerprint density at radius 2 is 2.05 bits per heavy atom. The maximum Gasteiger partial charge on any atom is 0.128 e. The maximum absolute atomic E-state index is 4.64. The fraction of sp³-hybridized carbons (Fsp3) is 0.706. The molecule has 0 saturated carbocycles. The molecule has 1 aromatic rings. The molecule has 2 rings (SSSR count). The Morgan fingerprint density at radius 1 is 1.25 bits per heavy atom. The average molecular weight is 275 g/mol. The molecular formula is C17H29N3. The van der Waals surface area contributed by atoms with Gasteiger partial charge in [0.25, 0.3) is 0 Å². The normalized spacial score (nSPS) is 20.8. The van der Waals surface area contributed by atoms with Gasteiger partial charge in [-0.05, 0) is 49.3 Å². The van der Waals surface area contributed by atoms with Crippen LogP contribution in [-0.2, 0) is 6.54 Å². The molecular weight excluding hydrogens is 246 g/mol. The number of anilines is 1. The van der Waals surface area contributed by atoms with Crippen LogP contribution in [0.1, 0.15) is 45.6 Å². The molecule has 1 aliphatic heterocycles. The molecule has 1 saturated heterocycles. The van der Waals surface area contributed by atoms with Crippen LogP contribution in [0.15, 0.2) is 18.3 Å². The Labute approximate surface area is 123 Å². The third-order valence-corrected chi connectivity index (χ3v) is 4.47. The van der Waals surface area contributed by atoms with E-state index in [1.807, 2.05) is 13.2 Å². The van der Waals surface area contributed by atoms with Crippen molar-refractivity contribution in [1.29, 1.82) is 0 Å². The Hall–Kier alpha value is -1.09. The summed E-state index contributed by atoms with van der Waals surface area (Å²) in [6.07, 6.45) is 5.90. The van der Waals surface area contributed by atoms with E-state index in [9.17, 15) is 0 Å². The number of nitrogens with one attached hydrogen (secondary N) is 1. The van der Waals surface area contributed by atoms with Crippen molar-refractivity contribution in [1.82, 2.24) is 10.3 Å². The molecule has 0 amide bonds. The van der Waals surface area contributed by atoms with Crippen molar-refractivity contribution in [2.75, 3.05) is 25.0 Å². The Morgan fingerprint density at radius 3 is 2.65 bits per heavy atom. The molecule has 0 aromatic carbocycles. The van der Waals surface area contributed by atoms with E-state index >= 15 is 0 Å². The average Bonchev–Trinajstić information content (AvgIpc) is 2.65. The highest BCUT2D eigenvalue weighted by Gasteiger charge is 2.27. The summed E-state index contributed by atoms with van der Waals surface area (Å²) in [7, 11) is 1.97. The molecule has 20 heavy (non-hydrogen) atoms. The van der Waals surface area contributed by atoms with Crippen molar-refractivity contribution < 1.29 is 0 Å². The predicted molar refractivity (Wildman–Crippen MR) is 86.0 cm³/mol. The van der Waals surface area contributed by atoms with Crippen molar-refractivity contribution in [3.8, 4) is 0 Å². The SMILES string of the molecule is CNCc1ccc(N2CCCC(C(C)(C)C)CC2)nc1. The van der Waals surface area contributed by atoms with Crippen LogP contribution in [0.2, 0.25) is 0 Å². The molecule has 112 valence electrons. The lowest BCUT2D eigenvalue weighted by Crippen LogP contribution is -2.26. The van der Waals surface area contributed by atoms with Crippen LogP contribution in [0.25, 0.3) is 0 Å². The smallest absolute Gasteiger partial charge is 0.128 e. The Bertz CT molecular complexity index is 405. The first-order valence-corrected chi connectivity index (χ1v) is 7.85. The molecule has 1 N–H and O–H groups in total. The third kappa shape index (κ3) is 3.95. The third-order valence-electron chi connectivity index (χ3n) is 4.47. The van der Waals surface area contributed by atoms with Gasteiger partial charge in [0, 0.05) is 25.8 Å². The Balaban J connectivity index is 1.99. The minimum atomic E-state index is 0.431. The van der Waals surface area contributed by atoms with Crippen LogP contribution in [0.3, 0.4) is 0 Å². The largest absolute Gasteiger partial charge is 0.357 e. The summed E-state index contributed by atoms with van der Waals surface area (Å²) in [5, 5.41) is 3.16. The lowest BCUT2D eigenvalue weighted by Gasteiger charge is -2.29. The molecule has 1 unspecified atom stereocenters. The highest BCUT2D eigenvalue weighted by molar-refractivity contribution is 5.39. The topological polar surface area (TPSA) is 28.2 Å². The van der Waals surface area contributed by atoms with Gasteiger partial charge in [-0.15, -0.1) is 0 Å². The van der Waals surface area contributed by atoms with Gasteiger partial charge in [0.2, 0.25) is 0 Å². The number of nitrogens with zero attached hydrogens (tertiary/aromatic N) is 2. The molecule has 0 bridgehead atoms. The second-order valence-corrected chi connectivity index (χ2v) is 7.04. The number of hydrogen-bond donors (Lipinski definition) is 1. The first kappa shape index (κ1) is 15.3. The lowest BCUT2D eigenvalue weighted by atomic mass is 9.77. The van der Waals surface area contributed by atoms with Gasteiger partial charge in [-0.2, -0.15) is 0 Å². The number of hydrogen-bond acceptors (Lipinski definition) is 3. The summed E-state index contributed by atoms with van der Waals surface area (Å²) in [6.45, 7) is 10.3. The number of aromatic nitrogens is 1. The molecule has 0 aliphatic carbocycles. The summed E-state index contributed by atoms with van der Waals surface area (Å²) in [4.78, 5) is 7.09. The van der Waals surface area contributed by atoms with Crippen molar-refractivity contribution in [2.45, 2.75) is 46.6 Å². The number of pyridine rings is 1. The molecule has 1 atom stereocenters. The second kappa shape index (κ2) is 6.57. The standard InChI is InChI=1S/C17H29N3/c1-17(2,3)15-6-5-10-20(11-9-15)16-8-7-14(12-18-4)13-19-16/h7-8,13,15,18H,5-6,9-12H2,1-4H3. The highest BCUT2D eigenvalue weighted by atomic mass is 15.2. The van der Waals surface area contributed by atoms with Gasteiger partial charge in [0.05, 0.1) is 0 Å². The van der Waals surface area contributed by atoms with E-state index in [4.69, 9.17) is 0 Å². The zero-order chi connectivity index (χ0) is 14.6. The minimum absolute atomic E-state index is 0.431. The summed E-state index contributed by atoms with van der Waals surface area (Å²) < 4.78 is 0. The van der Waals surface area contributed by atoms with Crippen LogP contribution in [0.4, 0.5) is 5.82 Å². The fourth-order valence-electron chi connectivity index (χ4n) is 3.10. The fourth-order valence-corrected chi connectivity index (χ4v) is 3.10. The first-order valence-electron chi connectivity index (χ1n) is 7.85. The second-order valence-electron chi connectivity index (χ2n) is 7.04. The van der Waals surface area contributed by atoms with E-state index in [-0.39, 0.29) is 0 Å². The Kier molecular flexibility index (Phi) is 5.03.